The summed E-state index contributed by atoms with van der Waals surface area (Å²) in [5.41, 5.74) is 8.75. The number of nitrogens with two attached hydrogens (primary N) is 1. The van der Waals surface area contributed by atoms with Crippen LogP contribution in [0, 0.1) is 5.41 Å². The van der Waals surface area contributed by atoms with Crippen LogP contribution in [-0.4, -0.2) is 75.3 Å². The van der Waals surface area contributed by atoms with Crippen LogP contribution in [0.1, 0.15) is 64.4 Å². The molecule has 0 fully saturated rings. The third kappa shape index (κ3) is 8.85. The summed E-state index contributed by atoms with van der Waals surface area (Å²) < 4.78 is 33.5. The second kappa shape index (κ2) is 18.0. The van der Waals surface area contributed by atoms with Crippen molar-refractivity contribution in [2.24, 2.45) is 10.7 Å². The maximum absolute atomic E-state index is 13.6. The maximum atomic E-state index is 13.6. The van der Waals surface area contributed by atoms with E-state index >= 15 is 0 Å². The van der Waals surface area contributed by atoms with Crippen molar-refractivity contribution in [2.75, 3.05) is 46.8 Å². The Kier molecular flexibility index (Phi) is 13.3. The van der Waals surface area contributed by atoms with Gasteiger partial charge in [-0.2, -0.15) is 0 Å². The van der Waals surface area contributed by atoms with Crippen molar-refractivity contribution in [3.63, 3.8) is 0 Å². The van der Waals surface area contributed by atoms with Crippen molar-refractivity contribution in [3.05, 3.63) is 94.0 Å². The van der Waals surface area contributed by atoms with Crippen LogP contribution in [0.15, 0.2) is 69.4 Å². The molecule has 2 aromatic carbocycles. The number of hydrogen-bond acceptors (Lipinski definition) is 14. The van der Waals surface area contributed by atoms with Crippen molar-refractivity contribution < 1.29 is 37.7 Å². The SMILES string of the molecule is CCN=C(C(OCc1ccc(OC)cc1)=C(C)N)c1nc(-c2nc(C(=O)NCc3ccc(OC)cc3OC)cc(NC)c2C=N)c(C(=O)OCC)o1. The number of ether oxygens (including phenoxy) is 5. The van der Waals surface area contributed by atoms with Gasteiger partial charge in [-0.3, -0.25) is 9.79 Å². The average molecular weight is 714 g/mol. The highest BCUT2D eigenvalue weighted by Gasteiger charge is 2.31. The molecule has 0 atom stereocenters. The van der Waals surface area contributed by atoms with E-state index in [-0.39, 0.29) is 77.8 Å². The lowest BCUT2D eigenvalue weighted by Gasteiger charge is -2.14. The number of oxazole rings is 1. The molecule has 0 saturated carbocycles. The first-order valence-corrected chi connectivity index (χ1v) is 16.3. The molecular formula is C37H43N7O8. The van der Waals surface area contributed by atoms with Gasteiger partial charge in [0.2, 0.25) is 11.7 Å². The Morgan fingerprint density at radius 1 is 0.962 bits per heavy atom. The molecule has 4 aromatic rings. The van der Waals surface area contributed by atoms with Gasteiger partial charge in [0, 0.05) is 49.2 Å². The number of carbonyl (C=O) groups excluding carboxylic acids is 2. The van der Waals surface area contributed by atoms with E-state index in [9.17, 15) is 9.59 Å². The quantitative estimate of drug-likeness (QED) is 0.0639. The number of aliphatic imine (C=N–C) groups is 1. The second-order valence-electron chi connectivity index (χ2n) is 11.0. The molecule has 0 aliphatic carbocycles. The monoisotopic (exact) mass is 713 g/mol. The summed E-state index contributed by atoms with van der Waals surface area (Å²) in [6.07, 6.45) is 1.04. The fraction of sp³-hybridized carbons (Fsp3) is 0.297. The molecule has 2 aromatic heterocycles. The lowest BCUT2D eigenvalue weighted by Crippen LogP contribution is -2.25. The summed E-state index contributed by atoms with van der Waals surface area (Å²) in [6, 6.07) is 14.0. The maximum Gasteiger partial charge on any atom is 0.376 e. The lowest BCUT2D eigenvalue weighted by atomic mass is 10.1. The molecule has 274 valence electrons. The number of allylic oxidation sites excluding steroid dienone is 2. The molecule has 2 heterocycles. The molecule has 0 radical (unpaired) electrons. The van der Waals surface area contributed by atoms with E-state index < -0.39 is 11.9 Å². The topological polar surface area (TPSA) is 206 Å². The molecule has 0 aliphatic rings. The third-order valence-corrected chi connectivity index (χ3v) is 7.59. The predicted octanol–water partition coefficient (Wildman–Crippen LogP) is 5.12. The van der Waals surface area contributed by atoms with Crippen molar-refractivity contribution in [1.29, 1.82) is 5.41 Å². The van der Waals surface area contributed by atoms with Gasteiger partial charge >= 0.3 is 5.97 Å². The van der Waals surface area contributed by atoms with Gasteiger partial charge in [-0.25, -0.2) is 14.8 Å². The number of methoxy groups -OCH3 is 3. The minimum absolute atomic E-state index is 0.0112. The molecule has 15 heteroatoms. The molecule has 0 bridgehead atoms. The summed E-state index contributed by atoms with van der Waals surface area (Å²) >= 11 is 0. The lowest BCUT2D eigenvalue weighted by molar-refractivity contribution is 0.0490. The first-order valence-electron chi connectivity index (χ1n) is 16.3. The van der Waals surface area contributed by atoms with E-state index in [1.165, 1.54) is 13.2 Å². The van der Waals surface area contributed by atoms with Gasteiger partial charge in [-0.05, 0) is 56.7 Å². The highest BCUT2D eigenvalue weighted by Crippen LogP contribution is 2.32. The molecule has 0 saturated heterocycles. The smallest absolute Gasteiger partial charge is 0.376 e. The number of hydrogen-bond donors (Lipinski definition) is 4. The number of amides is 1. The van der Waals surface area contributed by atoms with Gasteiger partial charge in [-0.1, -0.05) is 12.1 Å². The summed E-state index contributed by atoms with van der Waals surface area (Å²) in [6.45, 7) is 5.64. The molecule has 0 spiro atoms. The van der Waals surface area contributed by atoms with Gasteiger partial charge in [-0.15, -0.1) is 0 Å². The number of anilines is 1. The molecule has 5 N–H and O–H groups in total. The Balaban J connectivity index is 1.79. The predicted molar refractivity (Wildman–Crippen MR) is 196 cm³/mol. The summed E-state index contributed by atoms with van der Waals surface area (Å²) in [5.74, 6) is 0.186. The van der Waals surface area contributed by atoms with E-state index in [2.05, 4.69) is 25.6 Å². The highest BCUT2D eigenvalue weighted by molar-refractivity contribution is 6.10. The van der Waals surface area contributed by atoms with Gasteiger partial charge in [0.1, 0.15) is 40.9 Å². The van der Waals surface area contributed by atoms with Crippen LogP contribution >= 0.6 is 0 Å². The third-order valence-electron chi connectivity index (χ3n) is 7.59. The van der Waals surface area contributed by atoms with Gasteiger partial charge < -0.3 is 49.9 Å². The first-order chi connectivity index (χ1) is 25.1. The number of rotatable bonds is 17. The number of benzene rings is 2. The largest absolute Gasteiger partial charge is 0.497 e. The van der Waals surface area contributed by atoms with Crippen molar-refractivity contribution in [3.8, 4) is 28.6 Å². The number of nitrogens with zero attached hydrogens (tertiary/aromatic N) is 3. The van der Waals surface area contributed by atoms with E-state index in [0.29, 0.717) is 28.5 Å². The molecule has 52 heavy (non-hydrogen) atoms. The van der Waals surface area contributed by atoms with Crippen LogP contribution in [0.3, 0.4) is 0 Å². The fourth-order valence-electron chi connectivity index (χ4n) is 5.03. The number of pyridine rings is 1. The molecule has 15 nitrogen and oxygen atoms in total. The standard InChI is InChI=1S/C37H43N7O8/c1-8-41-32(33(21(3)39)51-20-22-10-13-24(47-5)14-11-22)36-44-31(34(52-36)37(46)50-9-2)30-26(18-38)27(40-4)17-28(43-30)35(45)42-19-23-12-15-25(48-6)16-29(23)49-7/h10-18,38H,8-9,19-20,39H2,1-7H3,(H,40,43)(H,42,45). The van der Waals surface area contributed by atoms with Gasteiger partial charge in [0.15, 0.2) is 11.5 Å². The molecule has 0 aliphatic heterocycles. The second-order valence-corrected chi connectivity index (χ2v) is 11.0. The van der Waals surface area contributed by atoms with Gasteiger partial charge in [0.25, 0.3) is 5.91 Å². The van der Waals surface area contributed by atoms with Gasteiger partial charge in [0.05, 0.1) is 33.6 Å². The Morgan fingerprint density at radius 3 is 2.27 bits per heavy atom. The summed E-state index contributed by atoms with van der Waals surface area (Å²) in [7, 11) is 6.28. The molecule has 1 amide bonds. The van der Waals surface area contributed by atoms with Crippen molar-refractivity contribution in [1.82, 2.24) is 15.3 Å². The number of nitrogens with one attached hydrogen (secondary N) is 3. The van der Waals surface area contributed by atoms with Crippen molar-refractivity contribution >= 4 is 29.5 Å². The molecule has 4 rings (SSSR count). The zero-order chi connectivity index (χ0) is 37.8. The number of carbonyl (C=O) groups is 2. The zero-order valence-electron chi connectivity index (χ0n) is 30.2. The molecular weight excluding hydrogens is 670 g/mol. The highest BCUT2D eigenvalue weighted by atomic mass is 16.5. The van der Waals surface area contributed by atoms with E-state index in [4.69, 9.17) is 39.2 Å². The van der Waals surface area contributed by atoms with E-state index in [1.807, 2.05) is 24.3 Å². The van der Waals surface area contributed by atoms with Crippen LogP contribution in [-0.2, 0) is 22.6 Å². The fourth-order valence-corrected chi connectivity index (χ4v) is 5.03. The van der Waals surface area contributed by atoms with Crippen LogP contribution in [0.4, 0.5) is 5.69 Å². The molecule has 0 unspecified atom stereocenters. The zero-order valence-corrected chi connectivity index (χ0v) is 30.2. The average Bonchev–Trinajstić information content (AvgIpc) is 3.61. The van der Waals surface area contributed by atoms with Crippen LogP contribution < -0.4 is 30.6 Å². The van der Waals surface area contributed by atoms with E-state index in [0.717, 1.165) is 11.8 Å². The van der Waals surface area contributed by atoms with Crippen LogP contribution in [0.5, 0.6) is 17.2 Å². The van der Waals surface area contributed by atoms with Crippen molar-refractivity contribution in [2.45, 2.75) is 33.9 Å². The minimum atomic E-state index is -0.841. The number of aromatic nitrogens is 2. The first kappa shape index (κ1) is 38.4. The number of esters is 1. The van der Waals surface area contributed by atoms with Crippen LogP contribution in [0.25, 0.3) is 11.4 Å². The summed E-state index contributed by atoms with van der Waals surface area (Å²) in [4.78, 5) is 40.8. The van der Waals surface area contributed by atoms with E-state index in [1.54, 1.807) is 60.2 Å². The minimum Gasteiger partial charge on any atom is -0.497 e. The normalized spacial score (nSPS) is 11.6. The Morgan fingerprint density at radius 2 is 1.67 bits per heavy atom. The summed E-state index contributed by atoms with van der Waals surface area (Å²) in [5, 5.41) is 14.1. The Labute approximate surface area is 301 Å². The Hall–Kier alpha value is -6.38. The Bertz CT molecular complexity index is 1970. The van der Waals surface area contributed by atoms with Crippen LogP contribution in [0.2, 0.25) is 0 Å².